The summed E-state index contributed by atoms with van der Waals surface area (Å²) in [5, 5.41) is 3.70. The Kier molecular flexibility index (Phi) is 4.66. The Hall–Kier alpha value is -0.0800. The molecule has 1 atom stereocenters. The second-order valence-corrected chi connectivity index (χ2v) is 5.77. The molecule has 0 aromatic carbocycles. The molecule has 2 aliphatic rings. The van der Waals surface area contributed by atoms with Crippen molar-refractivity contribution in [1.29, 1.82) is 0 Å². The fraction of sp³-hybridized carbons (Fsp3) is 1.00. The summed E-state index contributed by atoms with van der Waals surface area (Å²) in [6.07, 6.45) is 11.0. The molecule has 0 bridgehead atoms. The predicted molar refractivity (Wildman–Crippen MR) is 67.7 cm³/mol. The fourth-order valence-corrected chi connectivity index (χ4v) is 2.65. The Balaban J connectivity index is 1.68. The molecule has 2 rings (SSSR count). The van der Waals surface area contributed by atoms with E-state index in [1.165, 1.54) is 57.9 Å². The van der Waals surface area contributed by atoms with Gasteiger partial charge in [-0.25, -0.2) is 0 Å². The monoisotopic (exact) mass is 225 g/mol. The Morgan fingerprint density at radius 2 is 2.12 bits per heavy atom. The zero-order chi connectivity index (χ0) is 11.3. The van der Waals surface area contributed by atoms with Crippen molar-refractivity contribution in [3.63, 3.8) is 0 Å². The molecule has 0 aromatic rings. The summed E-state index contributed by atoms with van der Waals surface area (Å²) in [6.45, 7) is 5.46. The number of nitrogens with one attached hydrogen (secondary N) is 1. The molecular weight excluding hydrogens is 198 g/mol. The summed E-state index contributed by atoms with van der Waals surface area (Å²) in [5.74, 6) is 0. The van der Waals surface area contributed by atoms with E-state index < -0.39 is 0 Å². The van der Waals surface area contributed by atoms with Crippen LogP contribution in [-0.4, -0.2) is 25.8 Å². The standard InChI is InChI=1S/C14H27NO/c1-2-3-4-5-8-14(9-10-16-12-14)11-15-13-6-7-13/h13,15H,2-12H2,1H3. The summed E-state index contributed by atoms with van der Waals surface area (Å²) < 4.78 is 5.63. The van der Waals surface area contributed by atoms with Crippen molar-refractivity contribution in [2.75, 3.05) is 19.8 Å². The van der Waals surface area contributed by atoms with Crippen LogP contribution >= 0.6 is 0 Å². The van der Waals surface area contributed by atoms with E-state index in [1.54, 1.807) is 0 Å². The summed E-state index contributed by atoms with van der Waals surface area (Å²) in [5.41, 5.74) is 0.482. The van der Waals surface area contributed by atoms with Crippen molar-refractivity contribution in [1.82, 2.24) is 5.32 Å². The average Bonchev–Trinajstić information content (AvgIpc) is 3.02. The molecule has 1 saturated heterocycles. The Morgan fingerprint density at radius 3 is 2.75 bits per heavy atom. The lowest BCUT2D eigenvalue weighted by Gasteiger charge is -2.28. The van der Waals surface area contributed by atoms with Crippen LogP contribution < -0.4 is 5.32 Å². The largest absolute Gasteiger partial charge is 0.381 e. The Bertz CT molecular complexity index is 195. The van der Waals surface area contributed by atoms with Crippen LogP contribution in [0.5, 0.6) is 0 Å². The van der Waals surface area contributed by atoms with E-state index in [4.69, 9.17) is 4.74 Å². The first kappa shape index (κ1) is 12.4. The van der Waals surface area contributed by atoms with Gasteiger partial charge in [-0.2, -0.15) is 0 Å². The first-order valence-electron chi connectivity index (χ1n) is 7.16. The van der Waals surface area contributed by atoms with Gasteiger partial charge in [0.05, 0.1) is 6.61 Å². The van der Waals surface area contributed by atoms with E-state index in [0.717, 1.165) is 19.3 Å². The summed E-state index contributed by atoms with van der Waals surface area (Å²) in [6, 6.07) is 0.841. The zero-order valence-electron chi connectivity index (χ0n) is 10.8. The number of rotatable bonds is 8. The molecule has 1 N–H and O–H groups in total. The molecule has 16 heavy (non-hydrogen) atoms. The summed E-state index contributed by atoms with van der Waals surface area (Å²) >= 11 is 0. The summed E-state index contributed by atoms with van der Waals surface area (Å²) in [7, 11) is 0. The molecule has 1 aliphatic heterocycles. The van der Waals surface area contributed by atoms with Gasteiger partial charge in [0, 0.05) is 24.6 Å². The molecule has 1 aliphatic carbocycles. The minimum atomic E-state index is 0.482. The molecule has 0 amide bonds. The van der Waals surface area contributed by atoms with Crippen molar-refractivity contribution < 1.29 is 4.74 Å². The van der Waals surface area contributed by atoms with Crippen LogP contribution in [0.25, 0.3) is 0 Å². The van der Waals surface area contributed by atoms with Crippen molar-refractivity contribution in [2.24, 2.45) is 5.41 Å². The molecule has 1 heterocycles. The predicted octanol–water partition coefficient (Wildman–Crippen LogP) is 3.12. The van der Waals surface area contributed by atoms with Crippen LogP contribution in [0.3, 0.4) is 0 Å². The van der Waals surface area contributed by atoms with Gasteiger partial charge in [-0.15, -0.1) is 0 Å². The maximum absolute atomic E-state index is 5.63. The van der Waals surface area contributed by atoms with Crippen LogP contribution in [0.4, 0.5) is 0 Å². The molecule has 0 aromatic heterocycles. The smallest absolute Gasteiger partial charge is 0.0535 e. The van der Waals surface area contributed by atoms with E-state index in [2.05, 4.69) is 12.2 Å². The minimum Gasteiger partial charge on any atom is -0.381 e. The van der Waals surface area contributed by atoms with E-state index >= 15 is 0 Å². The van der Waals surface area contributed by atoms with Crippen molar-refractivity contribution in [3.05, 3.63) is 0 Å². The molecule has 1 unspecified atom stereocenters. The van der Waals surface area contributed by atoms with Gasteiger partial charge < -0.3 is 10.1 Å². The molecule has 2 fully saturated rings. The van der Waals surface area contributed by atoms with Gasteiger partial charge in [-0.1, -0.05) is 32.6 Å². The van der Waals surface area contributed by atoms with E-state index in [1.807, 2.05) is 0 Å². The van der Waals surface area contributed by atoms with Gasteiger partial charge in [-0.3, -0.25) is 0 Å². The third-order valence-corrected chi connectivity index (χ3v) is 4.09. The van der Waals surface area contributed by atoms with Crippen LogP contribution in [-0.2, 0) is 4.74 Å². The van der Waals surface area contributed by atoms with E-state index in [-0.39, 0.29) is 0 Å². The lowest BCUT2D eigenvalue weighted by atomic mass is 9.81. The lowest BCUT2D eigenvalue weighted by molar-refractivity contribution is 0.141. The second kappa shape index (κ2) is 6.02. The quantitative estimate of drug-likeness (QED) is 0.641. The molecule has 1 saturated carbocycles. The van der Waals surface area contributed by atoms with Crippen LogP contribution in [0, 0.1) is 5.41 Å². The number of unbranched alkanes of at least 4 members (excludes halogenated alkanes) is 3. The molecule has 94 valence electrons. The highest BCUT2D eigenvalue weighted by molar-refractivity contribution is 4.89. The average molecular weight is 225 g/mol. The van der Waals surface area contributed by atoms with Gasteiger partial charge >= 0.3 is 0 Å². The maximum Gasteiger partial charge on any atom is 0.0535 e. The highest BCUT2D eigenvalue weighted by Crippen LogP contribution is 2.35. The van der Waals surface area contributed by atoms with Crippen molar-refractivity contribution >= 4 is 0 Å². The fourth-order valence-electron chi connectivity index (χ4n) is 2.65. The van der Waals surface area contributed by atoms with E-state index in [0.29, 0.717) is 5.41 Å². The first-order chi connectivity index (χ1) is 7.85. The third-order valence-electron chi connectivity index (χ3n) is 4.09. The number of hydrogen-bond acceptors (Lipinski definition) is 2. The number of hydrogen-bond donors (Lipinski definition) is 1. The lowest BCUT2D eigenvalue weighted by Crippen LogP contribution is -2.36. The van der Waals surface area contributed by atoms with Crippen molar-refractivity contribution in [3.8, 4) is 0 Å². The van der Waals surface area contributed by atoms with Crippen LogP contribution in [0.15, 0.2) is 0 Å². The Labute approximate surface area is 100 Å². The number of ether oxygens (including phenoxy) is 1. The first-order valence-corrected chi connectivity index (χ1v) is 7.16. The van der Waals surface area contributed by atoms with Gasteiger partial charge in [0.2, 0.25) is 0 Å². The molecule has 0 spiro atoms. The summed E-state index contributed by atoms with van der Waals surface area (Å²) in [4.78, 5) is 0. The second-order valence-electron chi connectivity index (χ2n) is 5.77. The van der Waals surface area contributed by atoms with Gasteiger partial charge in [-0.05, 0) is 25.7 Å². The van der Waals surface area contributed by atoms with Gasteiger partial charge in [0.1, 0.15) is 0 Å². The Morgan fingerprint density at radius 1 is 1.25 bits per heavy atom. The SMILES string of the molecule is CCCCCCC1(CNC2CC2)CCOC1. The highest BCUT2D eigenvalue weighted by Gasteiger charge is 2.35. The maximum atomic E-state index is 5.63. The highest BCUT2D eigenvalue weighted by atomic mass is 16.5. The minimum absolute atomic E-state index is 0.482. The molecule has 2 nitrogen and oxygen atoms in total. The normalized spacial score (nSPS) is 29.8. The van der Waals surface area contributed by atoms with Gasteiger partial charge in [0.15, 0.2) is 0 Å². The van der Waals surface area contributed by atoms with Crippen molar-refractivity contribution in [2.45, 2.75) is 64.3 Å². The van der Waals surface area contributed by atoms with Crippen LogP contribution in [0.2, 0.25) is 0 Å². The molecular formula is C14H27NO. The molecule has 2 heteroatoms. The zero-order valence-corrected chi connectivity index (χ0v) is 10.8. The van der Waals surface area contributed by atoms with E-state index in [9.17, 15) is 0 Å². The van der Waals surface area contributed by atoms with Gasteiger partial charge in [0.25, 0.3) is 0 Å². The van der Waals surface area contributed by atoms with Crippen LogP contribution in [0.1, 0.15) is 58.3 Å². The molecule has 0 radical (unpaired) electrons. The third kappa shape index (κ3) is 3.74. The topological polar surface area (TPSA) is 21.3 Å².